The fourth-order valence-electron chi connectivity index (χ4n) is 3.24. The van der Waals surface area contributed by atoms with E-state index in [2.05, 4.69) is 15.5 Å². The Morgan fingerprint density at radius 1 is 1.31 bits per heavy atom. The van der Waals surface area contributed by atoms with E-state index >= 15 is 0 Å². The molecule has 0 aliphatic carbocycles. The summed E-state index contributed by atoms with van der Waals surface area (Å²) in [5, 5.41) is 9.57. The predicted molar refractivity (Wildman–Crippen MR) is 95.6 cm³/mol. The van der Waals surface area contributed by atoms with Crippen molar-refractivity contribution in [2.75, 3.05) is 14.2 Å². The number of nitrogens with one attached hydrogen (secondary N) is 2. The molecule has 2 aromatic rings. The maximum Gasteiger partial charge on any atom is 0.343 e. The maximum absolute atomic E-state index is 12.3. The largest absolute Gasteiger partial charge is 0.493 e. The van der Waals surface area contributed by atoms with Crippen molar-refractivity contribution in [1.82, 2.24) is 20.1 Å². The number of ether oxygens (including phenoxy) is 2. The molecule has 1 amide bonds. The number of amides is 1. The molecule has 1 aliphatic heterocycles. The first kappa shape index (κ1) is 18.0. The Hall–Kier alpha value is -2.77. The summed E-state index contributed by atoms with van der Waals surface area (Å²) in [6, 6.07) is 5.74. The van der Waals surface area contributed by atoms with Gasteiger partial charge < -0.3 is 14.8 Å². The highest BCUT2D eigenvalue weighted by Gasteiger charge is 2.20. The number of benzene rings is 1. The van der Waals surface area contributed by atoms with Crippen LogP contribution in [0.15, 0.2) is 23.0 Å². The molecular weight excluding hydrogens is 336 g/mol. The summed E-state index contributed by atoms with van der Waals surface area (Å²) in [4.78, 5) is 23.9. The minimum atomic E-state index is -0.180. The fourth-order valence-corrected chi connectivity index (χ4v) is 3.24. The molecule has 0 saturated carbocycles. The van der Waals surface area contributed by atoms with Gasteiger partial charge in [0.1, 0.15) is 5.82 Å². The Morgan fingerprint density at radius 3 is 2.88 bits per heavy atom. The smallest absolute Gasteiger partial charge is 0.343 e. The van der Waals surface area contributed by atoms with Crippen LogP contribution < -0.4 is 20.5 Å². The number of nitrogens with zero attached hydrogens (tertiary/aromatic N) is 2. The van der Waals surface area contributed by atoms with E-state index in [4.69, 9.17) is 9.47 Å². The predicted octanol–water partition coefficient (Wildman–Crippen LogP) is 1.04. The van der Waals surface area contributed by atoms with Gasteiger partial charge in [-0.2, -0.15) is 5.10 Å². The third kappa shape index (κ3) is 4.07. The molecule has 1 aromatic heterocycles. The molecule has 1 atom stereocenters. The van der Waals surface area contributed by atoms with Crippen LogP contribution in [0.25, 0.3) is 0 Å². The molecule has 3 rings (SSSR count). The van der Waals surface area contributed by atoms with Crippen molar-refractivity contribution in [1.29, 1.82) is 0 Å². The number of hydrogen-bond acceptors (Lipinski definition) is 5. The molecule has 0 fully saturated rings. The van der Waals surface area contributed by atoms with E-state index < -0.39 is 0 Å². The molecule has 2 N–H and O–H groups in total. The number of rotatable bonds is 6. The van der Waals surface area contributed by atoms with Crippen LogP contribution in [0.4, 0.5) is 0 Å². The fraction of sp³-hybridized carbons (Fsp3) is 0.500. The van der Waals surface area contributed by atoms with Gasteiger partial charge in [-0.1, -0.05) is 6.07 Å². The lowest BCUT2D eigenvalue weighted by Gasteiger charge is -2.16. The zero-order chi connectivity index (χ0) is 18.5. The summed E-state index contributed by atoms with van der Waals surface area (Å²) in [6.07, 6.45) is 3.22. The van der Waals surface area contributed by atoms with Gasteiger partial charge >= 0.3 is 5.69 Å². The van der Waals surface area contributed by atoms with Crippen molar-refractivity contribution in [3.63, 3.8) is 0 Å². The van der Waals surface area contributed by atoms with Crippen LogP contribution in [-0.4, -0.2) is 40.9 Å². The third-order valence-electron chi connectivity index (χ3n) is 4.71. The van der Waals surface area contributed by atoms with Crippen LogP contribution in [0.3, 0.4) is 0 Å². The molecule has 2 heterocycles. The standard InChI is InChI=1S/C18H24N4O4/c1-25-14-6-3-12(11-15(14)26-2)4-8-17(23)19-13-5-7-16-20-21-18(24)22(16)10-9-13/h3,6,11,13H,4-5,7-10H2,1-2H3,(H,19,23)(H,21,24). The van der Waals surface area contributed by atoms with Crippen LogP contribution in [0.1, 0.15) is 30.7 Å². The Kier molecular flexibility index (Phi) is 5.60. The van der Waals surface area contributed by atoms with Gasteiger partial charge in [-0.25, -0.2) is 9.89 Å². The van der Waals surface area contributed by atoms with Gasteiger partial charge in [0.15, 0.2) is 11.5 Å². The number of fused-ring (bicyclic) bond motifs is 1. The van der Waals surface area contributed by atoms with Crippen LogP contribution in [0.2, 0.25) is 0 Å². The van der Waals surface area contributed by atoms with Crippen molar-refractivity contribution >= 4 is 5.91 Å². The number of carbonyl (C=O) groups excluding carboxylic acids is 1. The highest BCUT2D eigenvalue weighted by molar-refractivity contribution is 5.76. The minimum Gasteiger partial charge on any atom is -0.493 e. The lowest BCUT2D eigenvalue weighted by Crippen LogP contribution is -2.35. The second-order valence-electron chi connectivity index (χ2n) is 6.38. The van der Waals surface area contributed by atoms with Gasteiger partial charge in [0, 0.05) is 25.4 Å². The average Bonchev–Trinajstić information content (AvgIpc) is 2.88. The van der Waals surface area contributed by atoms with E-state index in [1.807, 2.05) is 18.2 Å². The second-order valence-corrected chi connectivity index (χ2v) is 6.38. The third-order valence-corrected chi connectivity index (χ3v) is 4.71. The van der Waals surface area contributed by atoms with Crippen molar-refractivity contribution < 1.29 is 14.3 Å². The van der Waals surface area contributed by atoms with Crippen molar-refractivity contribution in [3.8, 4) is 11.5 Å². The molecular formula is C18H24N4O4. The van der Waals surface area contributed by atoms with E-state index in [-0.39, 0.29) is 17.6 Å². The number of aromatic amines is 1. The highest BCUT2D eigenvalue weighted by atomic mass is 16.5. The van der Waals surface area contributed by atoms with Gasteiger partial charge in [-0.05, 0) is 37.0 Å². The first-order chi connectivity index (χ1) is 12.6. The second kappa shape index (κ2) is 8.07. The summed E-state index contributed by atoms with van der Waals surface area (Å²) in [5.41, 5.74) is 0.839. The molecule has 0 bridgehead atoms. The molecule has 140 valence electrons. The summed E-state index contributed by atoms with van der Waals surface area (Å²) in [6.45, 7) is 0.575. The topological polar surface area (TPSA) is 98.2 Å². The first-order valence-corrected chi connectivity index (χ1v) is 8.75. The van der Waals surface area contributed by atoms with Crippen LogP contribution in [0.5, 0.6) is 11.5 Å². The van der Waals surface area contributed by atoms with E-state index in [1.54, 1.807) is 18.8 Å². The normalized spacial score (nSPS) is 16.5. The molecule has 26 heavy (non-hydrogen) atoms. The quantitative estimate of drug-likeness (QED) is 0.802. The number of aromatic nitrogens is 3. The van der Waals surface area contributed by atoms with Gasteiger partial charge in [0.2, 0.25) is 5.91 Å². The van der Waals surface area contributed by atoms with E-state index in [0.29, 0.717) is 37.3 Å². The molecule has 8 nitrogen and oxygen atoms in total. The highest BCUT2D eigenvalue weighted by Crippen LogP contribution is 2.28. The van der Waals surface area contributed by atoms with Crippen molar-refractivity contribution in [3.05, 3.63) is 40.1 Å². The van der Waals surface area contributed by atoms with Gasteiger partial charge in [0.25, 0.3) is 0 Å². The van der Waals surface area contributed by atoms with E-state index in [9.17, 15) is 9.59 Å². The SMILES string of the molecule is COc1ccc(CCC(=O)NC2CCc3n[nH]c(=O)n3CC2)cc1OC. The molecule has 8 heteroatoms. The van der Waals surface area contributed by atoms with Gasteiger partial charge in [0.05, 0.1) is 14.2 Å². The Morgan fingerprint density at radius 2 is 2.12 bits per heavy atom. The summed E-state index contributed by atoms with van der Waals surface area (Å²) < 4.78 is 12.2. The van der Waals surface area contributed by atoms with E-state index in [1.165, 1.54) is 0 Å². The molecule has 1 aliphatic rings. The number of H-pyrrole nitrogens is 1. The lowest BCUT2D eigenvalue weighted by molar-refractivity contribution is -0.121. The van der Waals surface area contributed by atoms with Gasteiger partial charge in [-0.3, -0.25) is 9.36 Å². The number of aryl methyl sites for hydroxylation is 2. The number of carbonyl (C=O) groups is 1. The molecule has 1 unspecified atom stereocenters. The van der Waals surface area contributed by atoms with Gasteiger partial charge in [-0.15, -0.1) is 0 Å². The van der Waals surface area contributed by atoms with Crippen LogP contribution >= 0.6 is 0 Å². The molecule has 0 saturated heterocycles. The molecule has 0 radical (unpaired) electrons. The lowest BCUT2D eigenvalue weighted by atomic mass is 10.1. The number of methoxy groups -OCH3 is 2. The van der Waals surface area contributed by atoms with Crippen molar-refractivity contribution in [2.24, 2.45) is 0 Å². The Labute approximate surface area is 151 Å². The summed E-state index contributed by atoms with van der Waals surface area (Å²) in [5.74, 6) is 2.11. The minimum absolute atomic E-state index is 0.0123. The zero-order valence-corrected chi connectivity index (χ0v) is 15.1. The average molecular weight is 360 g/mol. The van der Waals surface area contributed by atoms with E-state index in [0.717, 1.165) is 24.2 Å². The molecule has 0 spiro atoms. The van der Waals surface area contributed by atoms with Crippen LogP contribution in [-0.2, 0) is 24.2 Å². The first-order valence-electron chi connectivity index (χ1n) is 8.75. The summed E-state index contributed by atoms with van der Waals surface area (Å²) in [7, 11) is 3.19. The monoisotopic (exact) mass is 360 g/mol. The molecule has 1 aromatic carbocycles. The van der Waals surface area contributed by atoms with Crippen LogP contribution in [0, 0.1) is 0 Å². The summed E-state index contributed by atoms with van der Waals surface area (Å²) >= 11 is 0. The number of hydrogen-bond donors (Lipinski definition) is 2. The maximum atomic E-state index is 12.3. The van der Waals surface area contributed by atoms with Crippen molar-refractivity contribution in [2.45, 2.75) is 44.7 Å². The zero-order valence-electron chi connectivity index (χ0n) is 15.1. The Bertz CT molecular complexity index is 827. The Balaban J connectivity index is 1.51.